The first-order chi connectivity index (χ1) is 9.81. The van der Waals surface area contributed by atoms with Crippen LogP contribution in [0.2, 0.25) is 0 Å². The molecule has 1 unspecified atom stereocenters. The van der Waals surface area contributed by atoms with E-state index in [1.807, 2.05) is 24.4 Å². The Hall–Kier alpha value is -2.01. The van der Waals surface area contributed by atoms with Gasteiger partial charge in [-0.05, 0) is 24.6 Å². The van der Waals surface area contributed by atoms with Gasteiger partial charge in [-0.1, -0.05) is 13.3 Å². The van der Waals surface area contributed by atoms with Gasteiger partial charge in [-0.15, -0.1) is 0 Å². The second-order valence-corrected chi connectivity index (χ2v) is 4.97. The highest BCUT2D eigenvalue weighted by Crippen LogP contribution is 2.35. The number of rotatable bonds is 5. The maximum Gasteiger partial charge on any atom is 0.231 e. The highest BCUT2D eigenvalue weighted by molar-refractivity contribution is 5.64. The van der Waals surface area contributed by atoms with E-state index in [0.717, 1.165) is 41.4 Å². The van der Waals surface area contributed by atoms with E-state index in [-0.39, 0.29) is 0 Å². The number of fused-ring (bicyclic) bond motifs is 1. The fourth-order valence-corrected chi connectivity index (χ4v) is 2.47. The van der Waals surface area contributed by atoms with Crippen LogP contribution in [0.25, 0.3) is 11.3 Å². The van der Waals surface area contributed by atoms with E-state index in [2.05, 4.69) is 16.9 Å². The number of benzene rings is 1. The summed E-state index contributed by atoms with van der Waals surface area (Å²) in [5.74, 6) is 2.83. The minimum absolute atomic E-state index is 0.290. The van der Waals surface area contributed by atoms with Crippen molar-refractivity contribution in [2.75, 3.05) is 13.3 Å². The quantitative estimate of drug-likeness (QED) is 0.878. The molecule has 20 heavy (non-hydrogen) atoms. The molecule has 1 atom stereocenters. The van der Waals surface area contributed by atoms with Gasteiger partial charge in [0.25, 0.3) is 0 Å². The molecule has 0 spiro atoms. The molecule has 1 aromatic carbocycles. The van der Waals surface area contributed by atoms with E-state index in [1.54, 1.807) is 0 Å². The molecule has 0 saturated heterocycles. The number of hydrogen-bond acceptors (Lipinski definition) is 4. The fourth-order valence-electron chi connectivity index (χ4n) is 2.47. The third kappa shape index (κ3) is 2.36. The second-order valence-electron chi connectivity index (χ2n) is 4.97. The lowest BCUT2D eigenvalue weighted by Gasteiger charge is -2.10. The highest BCUT2D eigenvalue weighted by atomic mass is 16.7. The lowest BCUT2D eigenvalue weighted by Crippen LogP contribution is -2.13. The van der Waals surface area contributed by atoms with Gasteiger partial charge in [0.15, 0.2) is 11.5 Å². The molecule has 0 saturated carbocycles. The van der Waals surface area contributed by atoms with Crippen molar-refractivity contribution in [3.05, 3.63) is 30.2 Å². The molecule has 5 nitrogen and oxygen atoms in total. The van der Waals surface area contributed by atoms with E-state index in [4.69, 9.17) is 15.2 Å². The number of aromatic nitrogens is 2. The highest BCUT2D eigenvalue weighted by Gasteiger charge is 2.16. The number of ether oxygens (including phenoxy) is 2. The first-order valence-corrected chi connectivity index (χ1v) is 6.96. The second kappa shape index (κ2) is 5.54. The summed E-state index contributed by atoms with van der Waals surface area (Å²) in [5, 5.41) is 0. The Kier molecular flexibility index (Phi) is 3.60. The van der Waals surface area contributed by atoms with E-state index in [0.29, 0.717) is 19.3 Å². The first-order valence-electron chi connectivity index (χ1n) is 6.96. The maximum atomic E-state index is 5.82. The van der Waals surface area contributed by atoms with Crippen LogP contribution in [0.5, 0.6) is 11.5 Å². The third-order valence-corrected chi connectivity index (χ3v) is 3.59. The van der Waals surface area contributed by atoms with E-state index < -0.39 is 0 Å². The van der Waals surface area contributed by atoms with Crippen LogP contribution < -0.4 is 15.2 Å². The Balaban J connectivity index is 1.86. The van der Waals surface area contributed by atoms with Gasteiger partial charge in [0, 0.05) is 18.0 Å². The molecule has 3 rings (SSSR count). The SMILES string of the molecule is CCCC(CN)c1ncc(-c2ccc3c(c2)OCO3)[nH]1. The van der Waals surface area contributed by atoms with E-state index in [9.17, 15) is 0 Å². The molecule has 0 amide bonds. The number of imidazole rings is 1. The number of nitrogens with two attached hydrogens (primary N) is 1. The largest absolute Gasteiger partial charge is 0.454 e. The number of nitrogens with zero attached hydrogens (tertiary/aromatic N) is 1. The zero-order chi connectivity index (χ0) is 13.9. The molecule has 1 aromatic heterocycles. The average Bonchev–Trinajstić information content (AvgIpc) is 3.12. The Morgan fingerprint density at radius 1 is 1.35 bits per heavy atom. The standard InChI is InChI=1S/C15H19N3O2/c1-2-3-11(7-16)15-17-8-12(18-15)10-4-5-13-14(6-10)20-9-19-13/h4-6,8,11H,2-3,7,9,16H2,1H3,(H,17,18). The van der Waals surface area contributed by atoms with Crippen LogP contribution in [0.4, 0.5) is 0 Å². The maximum absolute atomic E-state index is 5.82. The lowest BCUT2D eigenvalue weighted by atomic mass is 10.0. The van der Waals surface area contributed by atoms with Crippen molar-refractivity contribution in [3.8, 4) is 22.8 Å². The summed E-state index contributed by atoms with van der Waals surface area (Å²) < 4.78 is 10.7. The van der Waals surface area contributed by atoms with Gasteiger partial charge >= 0.3 is 0 Å². The van der Waals surface area contributed by atoms with Crippen molar-refractivity contribution >= 4 is 0 Å². The Morgan fingerprint density at radius 2 is 2.20 bits per heavy atom. The lowest BCUT2D eigenvalue weighted by molar-refractivity contribution is 0.174. The van der Waals surface area contributed by atoms with E-state index >= 15 is 0 Å². The summed E-state index contributed by atoms with van der Waals surface area (Å²) in [6.07, 6.45) is 4.00. The minimum atomic E-state index is 0.290. The van der Waals surface area contributed by atoms with Crippen LogP contribution in [0, 0.1) is 0 Å². The molecule has 0 bridgehead atoms. The number of H-pyrrole nitrogens is 1. The molecule has 106 valence electrons. The first kappa shape index (κ1) is 13.0. The molecule has 3 N–H and O–H groups in total. The summed E-state index contributed by atoms with van der Waals surface area (Å²) in [6, 6.07) is 5.89. The average molecular weight is 273 g/mol. The molecule has 0 fully saturated rings. The molecule has 1 aliphatic heterocycles. The topological polar surface area (TPSA) is 73.2 Å². The van der Waals surface area contributed by atoms with Crippen molar-refractivity contribution in [1.82, 2.24) is 9.97 Å². The predicted octanol–water partition coefficient (Wildman–Crippen LogP) is 2.65. The van der Waals surface area contributed by atoms with Gasteiger partial charge in [0.1, 0.15) is 5.82 Å². The van der Waals surface area contributed by atoms with Gasteiger partial charge in [-0.3, -0.25) is 0 Å². The normalized spacial score (nSPS) is 14.5. The van der Waals surface area contributed by atoms with Gasteiger partial charge in [-0.2, -0.15) is 0 Å². The van der Waals surface area contributed by atoms with Crippen LogP contribution in [0.15, 0.2) is 24.4 Å². The molecule has 1 aliphatic rings. The summed E-state index contributed by atoms with van der Waals surface area (Å²) in [6.45, 7) is 3.06. The van der Waals surface area contributed by atoms with E-state index in [1.165, 1.54) is 0 Å². The predicted molar refractivity (Wildman–Crippen MR) is 76.9 cm³/mol. The van der Waals surface area contributed by atoms with Crippen molar-refractivity contribution in [2.24, 2.45) is 5.73 Å². The minimum Gasteiger partial charge on any atom is -0.454 e. The number of aromatic amines is 1. The molecular weight excluding hydrogens is 254 g/mol. The van der Waals surface area contributed by atoms with Crippen LogP contribution in [-0.2, 0) is 0 Å². The van der Waals surface area contributed by atoms with Crippen LogP contribution in [0.1, 0.15) is 31.5 Å². The molecule has 2 aromatic rings. The molecule has 5 heteroatoms. The number of hydrogen-bond donors (Lipinski definition) is 2. The Labute approximate surface area is 118 Å². The van der Waals surface area contributed by atoms with Gasteiger partial charge in [-0.25, -0.2) is 4.98 Å². The molecular formula is C15H19N3O2. The molecule has 2 heterocycles. The van der Waals surface area contributed by atoms with Crippen molar-refractivity contribution in [2.45, 2.75) is 25.7 Å². The van der Waals surface area contributed by atoms with Gasteiger partial charge < -0.3 is 20.2 Å². The summed E-state index contributed by atoms with van der Waals surface area (Å²) in [5.41, 5.74) is 7.84. The van der Waals surface area contributed by atoms with Crippen LogP contribution in [0.3, 0.4) is 0 Å². The summed E-state index contributed by atoms with van der Waals surface area (Å²) in [4.78, 5) is 7.84. The fraction of sp³-hybridized carbons (Fsp3) is 0.400. The van der Waals surface area contributed by atoms with Crippen molar-refractivity contribution in [1.29, 1.82) is 0 Å². The van der Waals surface area contributed by atoms with Crippen molar-refractivity contribution in [3.63, 3.8) is 0 Å². The zero-order valence-corrected chi connectivity index (χ0v) is 11.6. The van der Waals surface area contributed by atoms with Crippen LogP contribution >= 0.6 is 0 Å². The number of nitrogens with one attached hydrogen (secondary N) is 1. The monoisotopic (exact) mass is 273 g/mol. The Bertz CT molecular complexity index is 595. The van der Waals surface area contributed by atoms with Crippen molar-refractivity contribution < 1.29 is 9.47 Å². The van der Waals surface area contributed by atoms with Gasteiger partial charge in [0.2, 0.25) is 6.79 Å². The van der Waals surface area contributed by atoms with Crippen LogP contribution in [-0.4, -0.2) is 23.3 Å². The molecule has 0 radical (unpaired) electrons. The zero-order valence-electron chi connectivity index (χ0n) is 11.6. The molecule has 0 aliphatic carbocycles. The smallest absolute Gasteiger partial charge is 0.231 e. The third-order valence-electron chi connectivity index (χ3n) is 3.59. The van der Waals surface area contributed by atoms with Gasteiger partial charge in [0.05, 0.1) is 11.9 Å². The summed E-state index contributed by atoms with van der Waals surface area (Å²) in [7, 11) is 0. The Morgan fingerprint density at radius 3 is 3.00 bits per heavy atom. The summed E-state index contributed by atoms with van der Waals surface area (Å²) >= 11 is 0.